The van der Waals surface area contributed by atoms with Gasteiger partial charge in [0.15, 0.2) is 5.11 Å². The molecule has 0 aliphatic carbocycles. The summed E-state index contributed by atoms with van der Waals surface area (Å²) < 4.78 is 9.04. The smallest absolute Gasteiger partial charge is 0.270 e. The Bertz CT molecular complexity index is 1680. The number of rotatable bonds is 6. The Morgan fingerprint density at radius 1 is 0.950 bits per heavy atom. The molecule has 1 fully saturated rings. The first-order valence-electron chi connectivity index (χ1n) is 12.5. The summed E-state index contributed by atoms with van der Waals surface area (Å²) in [6.07, 6.45) is 1.61. The van der Waals surface area contributed by atoms with Crippen LogP contribution in [0.25, 0.3) is 11.8 Å². The van der Waals surface area contributed by atoms with Gasteiger partial charge < -0.3 is 9.30 Å². The zero-order valence-electron chi connectivity index (χ0n) is 22.0. The van der Waals surface area contributed by atoms with Gasteiger partial charge >= 0.3 is 0 Å². The molecule has 1 N–H and O–H groups in total. The molecule has 1 aliphatic heterocycles. The van der Waals surface area contributed by atoms with E-state index in [4.69, 9.17) is 28.6 Å². The van der Waals surface area contributed by atoms with Crippen molar-refractivity contribution in [3.63, 3.8) is 0 Å². The summed E-state index contributed by atoms with van der Waals surface area (Å²) in [6, 6.07) is 23.0. The number of carbonyl (C=O) groups excluding carboxylic acids is 2. The Morgan fingerprint density at radius 2 is 1.62 bits per heavy atom. The van der Waals surface area contributed by atoms with Crippen molar-refractivity contribution in [1.29, 1.82) is 0 Å². The van der Waals surface area contributed by atoms with E-state index in [1.807, 2.05) is 75.4 Å². The highest BCUT2D eigenvalue weighted by Gasteiger charge is 2.35. The van der Waals surface area contributed by atoms with Gasteiger partial charge in [0.25, 0.3) is 11.8 Å². The van der Waals surface area contributed by atoms with Gasteiger partial charge in [-0.3, -0.25) is 19.8 Å². The summed E-state index contributed by atoms with van der Waals surface area (Å²) in [5, 5.41) is 3.15. The molecule has 40 heavy (non-hydrogen) atoms. The van der Waals surface area contributed by atoms with E-state index in [9.17, 15) is 9.59 Å². The summed E-state index contributed by atoms with van der Waals surface area (Å²) in [5.41, 5.74) is 5.95. The van der Waals surface area contributed by atoms with Crippen molar-refractivity contribution in [1.82, 2.24) is 9.88 Å². The van der Waals surface area contributed by atoms with Gasteiger partial charge in [-0.2, -0.15) is 0 Å². The van der Waals surface area contributed by atoms with Crippen molar-refractivity contribution in [2.24, 2.45) is 0 Å². The van der Waals surface area contributed by atoms with Crippen LogP contribution in [0, 0.1) is 20.8 Å². The van der Waals surface area contributed by atoms with Gasteiger partial charge in [0.05, 0.1) is 5.69 Å². The average molecular weight is 635 g/mol. The Labute approximate surface area is 251 Å². The molecule has 5 rings (SSSR count). The lowest BCUT2D eigenvalue weighted by molar-refractivity contribution is -0.122. The molecule has 2 amide bonds. The van der Waals surface area contributed by atoms with E-state index < -0.39 is 11.8 Å². The molecule has 1 aliphatic rings. The number of hydrogen-bond donors (Lipinski definition) is 1. The molecular formula is C31H25BrClN3O3S. The van der Waals surface area contributed by atoms with Crippen LogP contribution in [0.3, 0.4) is 0 Å². The Hall–Kier alpha value is -3.72. The summed E-state index contributed by atoms with van der Waals surface area (Å²) >= 11 is 15.1. The largest absolute Gasteiger partial charge is 0.489 e. The number of aryl methyl sites for hydroxylation is 2. The van der Waals surface area contributed by atoms with Gasteiger partial charge in [-0.1, -0.05) is 45.7 Å². The summed E-state index contributed by atoms with van der Waals surface area (Å²) in [4.78, 5) is 27.6. The maximum absolute atomic E-state index is 13.5. The molecule has 0 bridgehead atoms. The molecule has 0 saturated carbocycles. The zero-order valence-corrected chi connectivity index (χ0v) is 25.2. The number of nitrogens with one attached hydrogen (secondary N) is 1. The van der Waals surface area contributed by atoms with Gasteiger partial charge in [-0.15, -0.1) is 0 Å². The van der Waals surface area contributed by atoms with Crippen LogP contribution in [0.2, 0.25) is 5.02 Å². The fraction of sp³-hybridized carbons (Fsp3) is 0.129. The van der Waals surface area contributed by atoms with Crippen LogP contribution in [0.1, 0.15) is 28.1 Å². The molecule has 1 saturated heterocycles. The van der Waals surface area contributed by atoms with Crippen molar-refractivity contribution in [2.45, 2.75) is 27.4 Å². The predicted molar refractivity (Wildman–Crippen MR) is 166 cm³/mol. The van der Waals surface area contributed by atoms with Gasteiger partial charge in [-0.25, -0.2) is 0 Å². The second-order valence-electron chi connectivity index (χ2n) is 9.46. The van der Waals surface area contributed by atoms with E-state index in [0.29, 0.717) is 17.3 Å². The lowest BCUT2D eigenvalue weighted by atomic mass is 10.1. The van der Waals surface area contributed by atoms with Gasteiger partial charge in [0.2, 0.25) is 0 Å². The number of amides is 2. The van der Waals surface area contributed by atoms with Crippen molar-refractivity contribution in [3.8, 4) is 11.4 Å². The topological polar surface area (TPSA) is 63.6 Å². The molecular weight excluding hydrogens is 610 g/mol. The number of carbonyl (C=O) groups is 2. The molecule has 0 spiro atoms. The Kier molecular flexibility index (Phi) is 7.94. The number of hydrogen-bond acceptors (Lipinski definition) is 4. The Morgan fingerprint density at radius 3 is 2.30 bits per heavy atom. The quantitative estimate of drug-likeness (QED) is 0.138. The van der Waals surface area contributed by atoms with Crippen LogP contribution < -0.4 is 15.0 Å². The monoisotopic (exact) mass is 633 g/mol. The second kappa shape index (κ2) is 11.4. The SMILES string of the molecule is Cc1ccc(N2C(=O)/C(=C/c3cc(C)n(-c4ccc(OCc5ccc(Br)cc5)cc4)c3C)C(=O)NC2=S)cc1Cl. The predicted octanol–water partition coefficient (Wildman–Crippen LogP) is 7.23. The molecule has 0 atom stereocenters. The molecule has 202 valence electrons. The van der Waals surface area contributed by atoms with Crippen LogP contribution in [-0.2, 0) is 16.2 Å². The van der Waals surface area contributed by atoms with E-state index in [0.717, 1.165) is 44.0 Å². The highest BCUT2D eigenvalue weighted by Crippen LogP contribution is 2.29. The second-order valence-corrected chi connectivity index (χ2v) is 11.2. The van der Waals surface area contributed by atoms with E-state index in [1.54, 1.807) is 24.3 Å². The van der Waals surface area contributed by atoms with E-state index >= 15 is 0 Å². The highest BCUT2D eigenvalue weighted by atomic mass is 79.9. The highest BCUT2D eigenvalue weighted by molar-refractivity contribution is 9.10. The Balaban J connectivity index is 1.40. The number of thiocarbonyl (C=S) groups is 1. The zero-order chi connectivity index (χ0) is 28.6. The standard InChI is InChI=1S/C31H25BrClN3O3S/c1-18-4-9-25(16-28(18)33)36-30(38)27(29(37)34-31(36)40)15-22-14-19(2)35(20(22)3)24-10-12-26(13-11-24)39-17-21-5-7-23(32)8-6-21/h4-16H,17H2,1-3H3,(H,34,37,40)/b27-15+. The number of aromatic nitrogens is 1. The minimum absolute atomic E-state index is 0.0118. The molecule has 9 heteroatoms. The van der Waals surface area contributed by atoms with Crippen LogP contribution in [0.5, 0.6) is 5.75 Å². The maximum Gasteiger partial charge on any atom is 0.270 e. The molecule has 3 aromatic carbocycles. The third-order valence-electron chi connectivity index (χ3n) is 6.70. The van der Waals surface area contributed by atoms with Crippen molar-refractivity contribution in [2.75, 3.05) is 4.90 Å². The maximum atomic E-state index is 13.5. The van der Waals surface area contributed by atoms with Crippen molar-refractivity contribution >= 4 is 68.4 Å². The van der Waals surface area contributed by atoms with Crippen LogP contribution in [-0.4, -0.2) is 21.5 Å². The normalized spacial score (nSPS) is 14.6. The number of anilines is 1. The molecule has 4 aromatic rings. The van der Waals surface area contributed by atoms with Crippen LogP contribution in [0.4, 0.5) is 5.69 Å². The van der Waals surface area contributed by atoms with Crippen LogP contribution in [0.15, 0.2) is 82.8 Å². The van der Waals surface area contributed by atoms with Crippen molar-refractivity contribution < 1.29 is 14.3 Å². The third-order valence-corrected chi connectivity index (χ3v) is 7.92. The third kappa shape index (κ3) is 5.61. The van der Waals surface area contributed by atoms with E-state index in [1.165, 1.54) is 4.90 Å². The van der Waals surface area contributed by atoms with E-state index in [-0.39, 0.29) is 10.7 Å². The molecule has 2 heterocycles. The minimum atomic E-state index is -0.540. The first kappa shape index (κ1) is 27.8. The fourth-order valence-electron chi connectivity index (χ4n) is 4.54. The first-order valence-corrected chi connectivity index (χ1v) is 14.0. The van der Waals surface area contributed by atoms with Crippen LogP contribution >= 0.6 is 39.7 Å². The number of benzene rings is 3. The number of nitrogens with zero attached hydrogens (tertiary/aromatic N) is 2. The fourth-order valence-corrected chi connectivity index (χ4v) is 5.26. The molecule has 6 nitrogen and oxygen atoms in total. The average Bonchev–Trinajstić information content (AvgIpc) is 3.20. The summed E-state index contributed by atoms with van der Waals surface area (Å²) in [5.74, 6) is -0.291. The van der Waals surface area contributed by atoms with Gasteiger partial charge in [-0.05, 0) is 110 Å². The minimum Gasteiger partial charge on any atom is -0.489 e. The van der Waals surface area contributed by atoms with Gasteiger partial charge in [0.1, 0.15) is 17.9 Å². The molecule has 0 unspecified atom stereocenters. The van der Waals surface area contributed by atoms with E-state index in [2.05, 4.69) is 25.8 Å². The summed E-state index contributed by atoms with van der Waals surface area (Å²) in [7, 11) is 0. The van der Waals surface area contributed by atoms with Gasteiger partial charge in [0, 0.05) is 26.6 Å². The first-order chi connectivity index (χ1) is 19.1. The number of ether oxygens (including phenoxy) is 1. The lowest BCUT2D eigenvalue weighted by Gasteiger charge is -2.29. The number of halogens is 2. The van der Waals surface area contributed by atoms with Crippen molar-refractivity contribution in [3.05, 3.63) is 116 Å². The molecule has 1 aromatic heterocycles. The lowest BCUT2D eigenvalue weighted by Crippen LogP contribution is -2.54. The molecule has 0 radical (unpaired) electrons. The summed E-state index contributed by atoms with van der Waals surface area (Å²) in [6.45, 7) is 6.27.